The van der Waals surface area contributed by atoms with Crippen molar-refractivity contribution in [3.63, 3.8) is 0 Å². The molecule has 1 heterocycles. The zero-order valence-corrected chi connectivity index (χ0v) is 15.0. The maximum absolute atomic E-state index is 13.4. The molecule has 0 aliphatic carbocycles. The Balaban J connectivity index is 1.53. The van der Waals surface area contributed by atoms with Gasteiger partial charge in [-0.15, -0.1) is 0 Å². The normalized spacial score (nSPS) is 16.5. The number of benzene rings is 2. The van der Waals surface area contributed by atoms with Gasteiger partial charge in [-0.3, -0.25) is 0 Å². The molecule has 136 valence electrons. The summed E-state index contributed by atoms with van der Waals surface area (Å²) >= 11 is 0. The van der Waals surface area contributed by atoms with Gasteiger partial charge < -0.3 is 14.9 Å². The first kappa shape index (κ1) is 18.4. The van der Waals surface area contributed by atoms with Crippen LogP contribution in [0.3, 0.4) is 0 Å². The Morgan fingerprint density at radius 2 is 1.92 bits per heavy atom. The zero-order valence-electron chi connectivity index (χ0n) is 15.0. The average molecular weight is 353 g/mol. The van der Waals surface area contributed by atoms with E-state index in [-0.39, 0.29) is 5.82 Å². The molecule has 0 amide bonds. The van der Waals surface area contributed by atoms with Gasteiger partial charge in [-0.2, -0.15) is 5.26 Å². The standard InChI is InChI=1S/C21H24FN3O/c1-24(15-21(26)17-7-5-16(14-23)6-8-17)19-9-11-25(12-10-19)20-4-2-3-18(22)13-20/h2-8,13,19,21,26H,9-12,15H2,1H3. The van der Waals surface area contributed by atoms with E-state index < -0.39 is 6.10 Å². The van der Waals surface area contributed by atoms with E-state index in [2.05, 4.69) is 15.9 Å². The monoisotopic (exact) mass is 353 g/mol. The quantitative estimate of drug-likeness (QED) is 0.896. The summed E-state index contributed by atoms with van der Waals surface area (Å²) in [6.07, 6.45) is 1.38. The minimum Gasteiger partial charge on any atom is -0.387 e. The van der Waals surface area contributed by atoms with Crippen molar-refractivity contribution in [1.29, 1.82) is 5.26 Å². The van der Waals surface area contributed by atoms with E-state index in [9.17, 15) is 9.50 Å². The van der Waals surface area contributed by atoms with Gasteiger partial charge in [0.25, 0.3) is 0 Å². The predicted octanol–water partition coefficient (Wildman–Crippen LogP) is 3.33. The molecule has 0 bridgehead atoms. The Morgan fingerprint density at radius 1 is 1.23 bits per heavy atom. The van der Waals surface area contributed by atoms with Gasteiger partial charge in [0.15, 0.2) is 0 Å². The summed E-state index contributed by atoms with van der Waals surface area (Å²) in [6.45, 7) is 2.31. The van der Waals surface area contributed by atoms with Gasteiger partial charge in [0.2, 0.25) is 0 Å². The summed E-state index contributed by atoms with van der Waals surface area (Å²) in [4.78, 5) is 4.41. The lowest BCUT2D eigenvalue weighted by Crippen LogP contribution is -2.44. The highest BCUT2D eigenvalue weighted by Gasteiger charge is 2.24. The van der Waals surface area contributed by atoms with Crippen molar-refractivity contribution in [2.24, 2.45) is 0 Å². The number of piperidine rings is 1. The van der Waals surface area contributed by atoms with Crippen LogP contribution in [0, 0.1) is 17.1 Å². The van der Waals surface area contributed by atoms with Crippen LogP contribution in [0.25, 0.3) is 0 Å². The minimum atomic E-state index is -0.575. The molecule has 1 saturated heterocycles. The Bertz CT molecular complexity index is 764. The summed E-state index contributed by atoms with van der Waals surface area (Å²) in [7, 11) is 2.04. The first-order valence-corrected chi connectivity index (χ1v) is 8.95. The Morgan fingerprint density at radius 3 is 2.54 bits per heavy atom. The lowest BCUT2D eigenvalue weighted by Gasteiger charge is -2.38. The van der Waals surface area contributed by atoms with E-state index >= 15 is 0 Å². The van der Waals surface area contributed by atoms with Crippen LogP contribution in [0.15, 0.2) is 48.5 Å². The molecule has 1 aliphatic rings. The average Bonchev–Trinajstić information content (AvgIpc) is 2.68. The van der Waals surface area contributed by atoms with E-state index in [4.69, 9.17) is 5.26 Å². The summed E-state index contributed by atoms with van der Waals surface area (Å²) < 4.78 is 13.4. The summed E-state index contributed by atoms with van der Waals surface area (Å²) in [5, 5.41) is 19.3. The van der Waals surface area contributed by atoms with Gasteiger partial charge in [-0.25, -0.2) is 4.39 Å². The van der Waals surface area contributed by atoms with Gasteiger partial charge in [0, 0.05) is 31.4 Å². The minimum absolute atomic E-state index is 0.202. The van der Waals surface area contributed by atoms with Crippen LogP contribution in [0.5, 0.6) is 0 Å². The second-order valence-corrected chi connectivity index (χ2v) is 6.89. The number of likely N-dealkylation sites (N-methyl/N-ethyl adjacent to an activating group) is 1. The van der Waals surface area contributed by atoms with Crippen LogP contribution in [0.2, 0.25) is 0 Å². The predicted molar refractivity (Wildman–Crippen MR) is 100 cm³/mol. The maximum atomic E-state index is 13.4. The van der Waals surface area contributed by atoms with Crippen molar-refractivity contribution < 1.29 is 9.50 Å². The maximum Gasteiger partial charge on any atom is 0.125 e. The van der Waals surface area contributed by atoms with Crippen LogP contribution in [-0.2, 0) is 0 Å². The van der Waals surface area contributed by atoms with E-state index in [1.807, 2.05) is 25.2 Å². The van der Waals surface area contributed by atoms with Crippen molar-refractivity contribution >= 4 is 5.69 Å². The number of aliphatic hydroxyl groups excluding tert-OH is 1. The molecule has 3 rings (SSSR count). The molecule has 1 unspecified atom stereocenters. The lowest BCUT2D eigenvalue weighted by molar-refractivity contribution is 0.0959. The number of hydrogen-bond donors (Lipinski definition) is 1. The van der Waals surface area contributed by atoms with Crippen molar-refractivity contribution in [3.8, 4) is 6.07 Å². The Hall–Kier alpha value is -2.42. The fourth-order valence-corrected chi connectivity index (χ4v) is 3.54. The molecular weight excluding hydrogens is 329 g/mol. The largest absolute Gasteiger partial charge is 0.387 e. The van der Waals surface area contributed by atoms with Gasteiger partial charge in [0.1, 0.15) is 5.82 Å². The molecule has 5 heteroatoms. The van der Waals surface area contributed by atoms with E-state index in [0.29, 0.717) is 18.2 Å². The third kappa shape index (κ3) is 4.40. The number of rotatable bonds is 5. The molecule has 2 aromatic rings. The van der Waals surface area contributed by atoms with Gasteiger partial charge >= 0.3 is 0 Å². The molecule has 26 heavy (non-hydrogen) atoms. The van der Waals surface area contributed by atoms with Crippen LogP contribution in [0.1, 0.15) is 30.1 Å². The highest BCUT2D eigenvalue weighted by Crippen LogP contribution is 2.24. The fourth-order valence-electron chi connectivity index (χ4n) is 3.54. The fraction of sp³-hybridized carbons (Fsp3) is 0.381. The SMILES string of the molecule is CN(CC(O)c1ccc(C#N)cc1)C1CCN(c2cccc(F)c2)CC1. The van der Waals surface area contributed by atoms with E-state index in [1.54, 1.807) is 24.3 Å². The second kappa shape index (κ2) is 8.31. The molecule has 1 atom stereocenters. The van der Waals surface area contributed by atoms with Crippen molar-refractivity contribution in [1.82, 2.24) is 4.90 Å². The number of nitrogens with zero attached hydrogens (tertiary/aromatic N) is 3. The number of nitriles is 1. The highest BCUT2D eigenvalue weighted by molar-refractivity contribution is 5.46. The molecule has 4 nitrogen and oxygen atoms in total. The number of halogens is 1. The van der Waals surface area contributed by atoms with Gasteiger partial charge in [-0.1, -0.05) is 18.2 Å². The van der Waals surface area contributed by atoms with Crippen LogP contribution in [-0.4, -0.2) is 42.7 Å². The number of anilines is 1. The Labute approximate surface area is 154 Å². The topological polar surface area (TPSA) is 50.5 Å². The highest BCUT2D eigenvalue weighted by atomic mass is 19.1. The molecule has 0 saturated carbocycles. The molecule has 1 fully saturated rings. The first-order chi connectivity index (χ1) is 12.6. The first-order valence-electron chi connectivity index (χ1n) is 8.95. The van der Waals surface area contributed by atoms with Gasteiger partial charge in [-0.05, 0) is 55.8 Å². The molecule has 0 aromatic heterocycles. The van der Waals surface area contributed by atoms with Crippen LogP contribution < -0.4 is 4.90 Å². The Kier molecular flexibility index (Phi) is 5.87. The molecular formula is C21H24FN3O. The van der Waals surface area contributed by atoms with Crippen molar-refractivity contribution in [2.75, 3.05) is 31.6 Å². The third-order valence-electron chi connectivity index (χ3n) is 5.15. The smallest absolute Gasteiger partial charge is 0.125 e. The number of aliphatic hydroxyl groups is 1. The summed E-state index contributed by atoms with van der Waals surface area (Å²) in [6, 6.07) is 16.3. The third-order valence-corrected chi connectivity index (χ3v) is 5.15. The second-order valence-electron chi connectivity index (χ2n) is 6.89. The van der Waals surface area contributed by atoms with Crippen LogP contribution >= 0.6 is 0 Å². The molecule has 1 N–H and O–H groups in total. The molecule has 0 spiro atoms. The summed E-state index contributed by atoms with van der Waals surface area (Å²) in [5.74, 6) is -0.202. The van der Waals surface area contributed by atoms with Gasteiger partial charge in [0.05, 0.1) is 17.7 Å². The van der Waals surface area contributed by atoms with E-state index in [0.717, 1.165) is 37.2 Å². The van der Waals surface area contributed by atoms with Crippen molar-refractivity contribution in [3.05, 3.63) is 65.5 Å². The summed E-state index contributed by atoms with van der Waals surface area (Å²) in [5.41, 5.74) is 2.36. The number of hydrogen-bond acceptors (Lipinski definition) is 4. The molecule has 1 aliphatic heterocycles. The molecule has 0 radical (unpaired) electrons. The van der Waals surface area contributed by atoms with Crippen LogP contribution in [0.4, 0.5) is 10.1 Å². The zero-order chi connectivity index (χ0) is 18.5. The molecule has 2 aromatic carbocycles. The van der Waals surface area contributed by atoms with E-state index in [1.165, 1.54) is 6.07 Å². The van der Waals surface area contributed by atoms with Crippen molar-refractivity contribution in [2.45, 2.75) is 25.0 Å². The lowest BCUT2D eigenvalue weighted by atomic mass is 10.0.